The second kappa shape index (κ2) is 11.2. The van der Waals surface area contributed by atoms with Crippen molar-refractivity contribution in [3.05, 3.63) is 92.1 Å². The molecule has 0 fully saturated rings. The summed E-state index contributed by atoms with van der Waals surface area (Å²) in [4.78, 5) is 17.9. The van der Waals surface area contributed by atoms with Crippen LogP contribution in [0.3, 0.4) is 0 Å². The van der Waals surface area contributed by atoms with Gasteiger partial charge in [-0.05, 0) is 72.1 Å². The molecule has 180 valence electrons. The lowest BCUT2D eigenvalue weighted by Crippen LogP contribution is -2.28. The highest BCUT2D eigenvalue weighted by Gasteiger charge is 2.20. The third kappa shape index (κ3) is 6.52. The van der Waals surface area contributed by atoms with Gasteiger partial charge in [0.2, 0.25) is 0 Å². The molecule has 0 spiro atoms. The third-order valence-electron chi connectivity index (χ3n) is 5.86. The van der Waals surface area contributed by atoms with Gasteiger partial charge in [0, 0.05) is 19.3 Å². The maximum Gasteiger partial charge on any atom is 0.255 e. The first-order valence-electron chi connectivity index (χ1n) is 11.6. The zero-order valence-corrected chi connectivity index (χ0v) is 22.1. The molecular formula is C28H33Cl2N3O. The highest BCUT2D eigenvalue weighted by Crippen LogP contribution is 2.27. The van der Waals surface area contributed by atoms with Crippen molar-refractivity contribution in [1.82, 2.24) is 10.3 Å². The molecule has 34 heavy (non-hydrogen) atoms. The molecule has 0 aliphatic rings. The summed E-state index contributed by atoms with van der Waals surface area (Å²) >= 11 is 12.1. The van der Waals surface area contributed by atoms with Gasteiger partial charge in [-0.2, -0.15) is 0 Å². The molecule has 1 amide bonds. The van der Waals surface area contributed by atoms with E-state index >= 15 is 0 Å². The summed E-state index contributed by atoms with van der Waals surface area (Å²) < 4.78 is 0. The SMILES string of the molecule is CCNc1ncc(C)c(Cc2ccc(C(C)(C)C)cc2)c1C(=O)NCCc1ccc(Cl)c(Cl)c1. The van der Waals surface area contributed by atoms with Gasteiger partial charge in [0.25, 0.3) is 5.91 Å². The third-order valence-corrected chi connectivity index (χ3v) is 6.60. The summed E-state index contributed by atoms with van der Waals surface area (Å²) in [5.74, 6) is 0.481. The van der Waals surface area contributed by atoms with Gasteiger partial charge in [-0.15, -0.1) is 0 Å². The smallest absolute Gasteiger partial charge is 0.255 e. The molecule has 0 unspecified atom stereocenters. The fourth-order valence-electron chi connectivity index (χ4n) is 3.85. The van der Waals surface area contributed by atoms with Crippen LogP contribution in [0.25, 0.3) is 0 Å². The topological polar surface area (TPSA) is 54.0 Å². The lowest BCUT2D eigenvalue weighted by molar-refractivity contribution is 0.0953. The summed E-state index contributed by atoms with van der Waals surface area (Å²) in [6.45, 7) is 11.8. The number of aromatic nitrogens is 1. The van der Waals surface area contributed by atoms with Crippen LogP contribution in [0.4, 0.5) is 5.82 Å². The van der Waals surface area contributed by atoms with Gasteiger partial charge in [0.15, 0.2) is 0 Å². The number of nitrogens with one attached hydrogen (secondary N) is 2. The Morgan fingerprint density at radius 2 is 1.68 bits per heavy atom. The molecule has 4 nitrogen and oxygen atoms in total. The molecule has 2 N–H and O–H groups in total. The molecule has 0 aliphatic heterocycles. The summed E-state index contributed by atoms with van der Waals surface area (Å²) in [6.07, 6.45) is 3.15. The Labute approximate surface area is 213 Å². The Morgan fingerprint density at radius 3 is 2.29 bits per heavy atom. The van der Waals surface area contributed by atoms with E-state index in [2.05, 4.69) is 60.7 Å². The van der Waals surface area contributed by atoms with Gasteiger partial charge in [0.1, 0.15) is 5.82 Å². The molecular weight excluding hydrogens is 465 g/mol. The van der Waals surface area contributed by atoms with Crippen LogP contribution in [0.1, 0.15) is 65.9 Å². The molecule has 0 atom stereocenters. The lowest BCUT2D eigenvalue weighted by atomic mass is 9.86. The standard InChI is InChI=1S/C28H33Cl2N3O/c1-6-31-26-25(27(34)32-14-13-20-9-12-23(29)24(30)16-20)22(18(2)17-33-26)15-19-7-10-21(11-8-19)28(3,4)5/h7-12,16-17H,6,13-15H2,1-5H3,(H,31,33)(H,32,34). The second-order valence-electron chi connectivity index (χ2n) is 9.55. The van der Waals surface area contributed by atoms with Gasteiger partial charge in [-0.3, -0.25) is 4.79 Å². The van der Waals surface area contributed by atoms with E-state index in [1.807, 2.05) is 32.2 Å². The number of pyridine rings is 1. The highest BCUT2D eigenvalue weighted by molar-refractivity contribution is 6.42. The van der Waals surface area contributed by atoms with Crippen LogP contribution in [0, 0.1) is 6.92 Å². The van der Waals surface area contributed by atoms with Crippen LogP contribution in [-0.4, -0.2) is 24.0 Å². The van der Waals surface area contributed by atoms with Crippen molar-refractivity contribution in [3.63, 3.8) is 0 Å². The molecule has 1 aromatic heterocycles. The molecule has 3 aromatic rings. The molecule has 0 bridgehead atoms. The first-order valence-corrected chi connectivity index (χ1v) is 12.4. The van der Waals surface area contributed by atoms with Gasteiger partial charge in [-0.25, -0.2) is 4.98 Å². The van der Waals surface area contributed by atoms with E-state index < -0.39 is 0 Å². The highest BCUT2D eigenvalue weighted by atomic mass is 35.5. The maximum atomic E-state index is 13.4. The van der Waals surface area contributed by atoms with Crippen molar-refractivity contribution < 1.29 is 4.79 Å². The molecule has 0 radical (unpaired) electrons. The average molecular weight is 498 g/mol. The van der Waals surface area contributed by atoms with E-state index in [0.29, 0.717) is 47.4 Å². The monoisotopic (exact) mass is 497 g/mol. The normalized spacial score (nSPS) is 11.4. The Hall–Kier alpha value is -2.56. The minimum Gasteiger partial charge on any atom is -0.370 e. The summed E-state index contributed by atoms with van der Waals surface area (Å²) in [7, 11) is 0. The Balaban J connectivity index is 1.83. The molecule has 0 saturated carbocycles. The zero-order chi connectivity index (χ0) is 24.9. The van der Waals surface area contributed by atoms with Gasteiger partial charge in [0.05, 0.1) is 15.6 Å². The van der Waals surface area contributed by atoms with Crippen molar-refractivity contribution in [2.75, 3.05) is 18.4 Å². The summed E-state index contributed by atoms with van der Waals surface area (Å²) in [5, 5.41) is 7.37. The molecule has 1 heterocycles. The van der Waals surface area contributed by atoms with Gasteiger partial charge in [-0.1, -0.05) is 74.3 Å². The predicted molar refractivity (Wildman–Crippen MR) is 144 cm³/mol. The maximum absolute atomic E-state index is 13.4. The van der Waals surface area contributed by atoms with Crippen LogP contribution in [0.15, 0.2) is 48.7 Å². The number of anilines is 1. The number of rotatable bonds is 8. The van der Waals surface area contributed by atoms with Crippen molar-refractivity contribution in [2.24, 2.45) is 0 Å². The van der Waals surface area contributed by atoms with Gasteiger partial charge < -0.3 is 10.6 Å². The minimum atomic E-state index is -0.131. The minimum absolute atomic E-state index is 0.0999. The van der Waals surface area contributed by atoms with Crippen LogP contribution in [-0.2, 0) is 18.3 Å². The van der Waals surface area contributed by atoms with Gasteiger partial charge >= 0.3 is 0 Å². The summed E-state index contributed by atoms with van der Waals surface area (Å²) in [5.41, 5.74) is 6.16. The molecule has 0 saturated heterocycles. The second-order valence-corrected chi connectivity index (χ2v) is 10.4. The van der Waals surface area contributed by atoms with Crippen LogP contribution in [0.2, 0.25) is 10.0 Å². The van der Waals surface area contributed by atoms with Crippen LogP contribution < -0.4 is 10.6 Å². The Kier molecular flexibility index (Phi) is 8.62. The Morgan fingerprint density at radius 1 is 1.00 bits per heavy atom. The number of hydrogen-bond donors (Lipinski definition) is 2. The van der Waals surface area contributed by atoms with E-state index in [1.165, 1.54) is 5.56 Å². The first kappa shape index (κ1) is 26.1. The number of halogens is 2. The van der Waals surface area contributed by atoms with E-state index in [9.17, 15) is 4.79 Å². The zero-order valence-electron chi connectivity index (χ0n) is 20.6. The van der Waals surface area contributed by atoms with Crippen molar-refractivity contribution in [2.45, 2.75) is 52.9 Å². The van der Waals surface area contributed by atoms with Crippen molar-refractivity contribution >= 4 is 34.9 Å². The largest absolute Gasteiger partial charge is 0.370 e. The lowest BCUT2D eigenvalue weighted by Gasteiger charge is -2.20. The Bertz CT molecular complexity index is 1150. The van der Waals surface area contributed by atoms with Crippen LogP contribution >= 0.6 is 23.2 Å². The average Bonchev–Trinajstić information content (AvgIpc) is 2.78. The summed E-state index contributed by atoms with van der Waals surface area (Å²) in [6, 6.07) is 14.2. The number of aryl methyl sites for hydroxylation is 1. The molecule has 3 rings (SSSR count). The number of carbonyl (C=O) groups excluding carboxylic acids is 1. The quantitative estimate of drug-likeness (QED) is 0.352. The predicted octanol–water partition coefficient (Wildman–Crippen LogP) is 6.99. The number of carbonyl (C=O) groups is 1. The fraction of sp³-hybridized carbons (Fsp3) is 0.357. The van der Waals surface area contributed by atoms with Crippen molar-refractivity contribution in [3.8, 4) is 0 Å². The molecule has 6 heteroatoms. The first-order chi connectivity index (χ1) is 16.1. The van der Waals surface area contributed by atoms with Crippen molar-refractivity contribution in [1.29, 1.82) is 0 Å². The molecule has 0 aliphatic carbocycles. The number of benzene rings is 2. The number of nitrogens with zero attached hydrogens (tertiary/aromatic N) is 1. The van der Waals surface area contributed by atoms with E-state index in [4.69, 9.17) is 23.2 Å². The van der Waals surface area contributed by atoms with E-state index in [0.717, 1.165) is 22.3 Å². The van der Waals surface area contributed by atoms with Crippen LogP contribution in [0.5, 0.6) is 0 Å². The fourth-order valence-corrected chi connectivity index (χ4v) is 4.17. The number of amides is 1. The molecule has 2 aromatic carbocycles. The van der Waals surface area contributed by atoms with E-state index in [1.54, 1.807) is 6.07 Å². The van der Waals surface area contributed by atoms with E-state index in [-0.39, 0.29) is 11.3 Å². The number of hydrogen-bond acceptors (Lipinski definition) is 3.